The monoisotopic (exact) mass is 382 g/mol. The highest BCUT2D eigenvalue weighted by Crippen LogP contribution is 2.34. The Morgan fingerprint density at radius 3 is 2.50 bits per heavy atom. The fourth-order valence-corrected chi connectivity index (χ4v) is 5.16. The van der Waals surface area contributed by atoms with E-state index in [0.29, 0.717) is 17.7 Å². The molecule has 26 heavy (non-hydrogen) atoms. The molecule has 0 bridgehead atoms. The molecule has 1 fully saturated rings. The molecular weight excluding hydrogens is 363 g/mol. The number of hydrogen-bond acceptors (Lipinski definition) is 5. The molecule has 0 aliphatic carbocycles. The zero-order valence-electron chi connectivity index (χ0n) is 14.4. The number of nitrogens with zero attached hydrogens (tertiary/aromatic N) is 1. The second-order valence-corrected chi connectivity index (χ2v) is 8.58. The van der Waals surface area contributed by atoms with E-state index in [-0.39, 0.29) is 17.1 Å². The number of rotatable bonds is 3. The summed E-state index contributed by atoms with van der Waals surface area (Å²) in [5.41, 5.74) is 1.07. The number of esters is 1. The lowest BCUT2D eigenvalue weighted by atomic mass is 9.94. The van der Waals surface area contributed by atoms with E-state index in [1.807, 2.05) is 0 Å². The van der Waals surface area contributed by atoms with Gasteiger partial charge >= 0.3 is 12.0 Å². The van der Waals surface area contributed by atoms with Crippen LogP contribution in [0.15, 0.2) is 35.5 Å². The third kappa shape index (κ3) is 3.31. The van der Waals surface area contributed by atoms with Gasteiger partial charge in [0.1, 0.15) is 5.82 Å². The highest BCUT2D eigenvalue weighted by Gasteiger charge is 2.42. The lowest BCUT2D eigenvalue weighted by Gasteiger charge is -2.38. The van der Waals surface area contributed by atoms with Crippen molar-refractivity contribution >= 4 is 21.8 Å². The van der Waals surface area contributed by atoms with Gasteiger partial charge < -0.3 is 10.1 Å². The predicted octanol–water partition coefficient (Wildman–Crippen LogP) is 1.53. The summed E-state index contributed by atoms with van der Waals surface area (Å²) in [4.78, 5) is 26.4. The molecule has 0 spiro atoms. The molecule has 2 amide bonds. The highest BCUT2D eigenvalue weighted by molar-refractivity contribution is 7.91. The molecule has 1 saturated heterocycles. The van der Waals surface area contributed by atoms with Crippen LogP contribution >= 0.6 is 0 Å². The van der Waals surface area contributed by atoms with Gasteiger partial charge in [-0.05, 0) is 31.0 Å². The minimum Gasteiger partial charge on any atom is -0.466 e. The van der Waals surface area contributed by atoms with E-state index in [0.717, 1.165) is 0 Å². The number of methoxy groups -OCH3 is 1. The summed E-state index contributed by atoms with van der Waals surface area (Å²) < 4.78 is 41.6. The Kier molecular flexibility index (Phi) is 4.74. The van der Waals surface area contributed by atoms with Crippen molar-refractivity contribution in [3.8, 4) is 0 Å². The van der Waals surface area contributed by atoms with Crippen LogP contribution in [0.4, 0.5) is 9.18 Å². The fraction of sp³-hybridized carbons (Fsp3) is 0.412. The average Bonchev–Trinajstić information content (AvgIpc) is 2.94. The topological polar surface area (TPSA) is 92.8 Å². The van der Waals surface area contributed by atoms with Crippen molar-refractivity contribution in [2.75, 3.05) is 18.6 Å². The minimum absolute atomic E-state index is 0.00365. The van der Waals surface area contributed by atoms with Gasteiger partial charge in [0.05, 0.1) is 36.3 Å². The lowest BCUT2D eigenvalue weighted by Crippen LogP contribution is -2.52. The van der Waals surface area contributed by atoms with Crippen molar-refractivity contribution in [2.45, 2.75) is 25.4 Å². The molecule has 2 aliphatic rings. The number of sulfone groups is 1. The normalized spacial score (nSPS) is 25.2. The molecule has 2 atom stereocenters. The van der Waals surface area contributed by atoms with Crippen LogP contribution in [0.2, 0.25) is 0 Å². The number of ether oxygens (including phenoxy) is 1. The van der Waals surface area contributed by atoms with E-state index in [2.05, 4.69) is 5.32 Å². The van der Waals surface area contributed by atoms with E-state index in [1.165, 1.54) is 36.3 Å². The average molecular weight is 382 g/mol. The molecule has 1 aromatic carbocycles. The van der Waals surface area contributed by atoms with Crippen molar-refractivity contribution in [1.29, 1.82) is 0 Å². The molecule has 0 aromatic heterocycles. The van der Waals surface area contributed by atoms with Gasteiger partial charge in [-0.3, -0.25) is 4.90 Å². The Bertz CT molecular complexity index is 879. The van der Waals surface area contributed by atoms with E-state index < -0.39 is 39.7 Å². The first-order valence-electron chi connectivity index (χ1n) is 8.08. The number of nitrogens with one attached hydrogen (secondary N) is 1. The maximum atomic E-state index is 13.2. The summed E-state index contributed by atoms with van der Waals surface area (Å²) in [6, 6.07) is 3.60. The summed E-state index contributed by atoms with van der Waals surface area (Å²) in [6.45, 7) is 1.59. The molecule has 3 rings (SSSR count). The Labute approximate surface area is 150 Å². The van der Waals surface area contributed by atoms with Crippen molar-refractivity contribution in [3.05, 3.63) is 46.9 Å². The van der Waals surface area contributed by atoms with Crippen LogP contribution < -0.4 is 5.32 Å². The summed E-state index contributed by atoms with van der Waals surface area (Å²) in [5, 5.41) is 2.71. The fourth-order valence-electron chi connectivity index (χ4n) is 3.46. The summed E-state index contributed by atoms with van der Waals surface area (Å²) >= 11 is 0. The van der Waals surface area contributed by atoms with E-state index in [1.54, 1.807) is 6.92 Å². The van der Waals surface area contributed by atoms with Gasteiger partial charge in [-0.15, -0.1) is 0 Å². The number of benzene rings is 1. The van der Waals surface area contributed by atoms with Gasteiger partial charge in [-0.2, -0.15) is 0 Å². The van der Waals surface area contributed by atoms with Crippen molar-refractivity contribution < 1.29 is 27.1 Å². The predicted molar refractivity (Wildman–Crippen MR) is 91.3 cm³/mol. The van der Waals surface area contributed by atoms with Gasteiger partial charge in [-0.25, -0.2) is 22.4 Å². The lowest BCUT2D eigenvalue weighted by molar-refractivity contribution is -0.136. The molecular formula is C17H19FN2O5S. The number of hydrogen-bond donors (Lipinski definition) is 1. The zero-order chi connectivity index (χ0) is 19.1. The van der Waals surface area contributed by atoms with Crippen LogP contribution in [0.5, 0.6) is 0 Å². The van der Waals surface area contributed by atoms with Crippen molar-refractivity contribution in [1.82, 2.24) is 10.2 Å². The standard InChI is InChI=1S/C17H19FN2O5S/c1-10-14(16(21)25-2)15(11-3-5-12(18)6-4-11)19-17(22)20(10)13-7-8-26(23,24)9-13/h3-6,13,15H,7-9H2,1-2H3,(H,19,22). The molecule has 1 N–H and O–H groups in total. The van der Waals surface area contributed by atoms with Crippen LogP contribution in [0.25, 0.3) is 0 Å². The number of carbonyl (C=O) groups is 2. The first kappa shape index (κ1) is 18.4. The summed E-state index contributed by atoms with van der Waals surface area (Å²) in [6.07, 6.45) is 0.308. The number of carbonyl (C=O) groups excluding carboxylic acids is 2. The van der Waals surface area contributed by atoms with E-state index in [4.69, 9.17) is 4.74 Å². The Morgan fingerprint density at radius 2 is 1.96 bits per heavy atom. The van der Waals surface area contributed by atoms with Gasteiger partial charge in [0.2, 0.25) is 0 Å². The van der Waals surface area contributed by atoms with Crippen LogP contribution in [-0.2, 0) is 19.4 Å². The molecule has 0 radical (unpaired) electrons. The van der Waals surface area contributed by atoms with Gasteiger partial charge in [0.15, 0.2) is 9.84 Å². The SMILES string of the molecule is COC(=O)C1=C(C)N(C2CCS(=O)(=O)C2)C(=O)NC1c1ccc(F)cc1. The Hall–Kier alpha value is -2.42. The maximum absolute atomic E-state index is 13.2. The molecule has 2 unspecified atom stereocenters. The Morgan fingerprint density at radius 1 is 1.31 bits per heavy atom. The second-order valence-electron chi connectivity index (χ2n) is 6.35. The first-order valence-corrected chi connectivity index (χ1v) is 9.90. The minimum atomic E-state index is -3.21. The van der Waals surface area contributed by atoms with Crippen LogP contribution in [0.3, 0.4) is 0 Å². The van der Waals surface area contributed by atoms with Gasteiger partial charge in [0, 0.05) is 5.70 Å². The van der Waals surface area contributed by atoms with Crippen LogP contribution in [0.1, 0.15) is 24.9 Å². The third-order valence-corrected chi connectivity index (χ3v) is 6.46. The van der Waals surface area contributed by atoms with Crippen LogP contribution in [-0.4, -0.2) is 50.0 Å². The molecule has 1 aromatic rings. The third-order valence-electron chi connectivity index (χ3n) is 4.71. The first-order chi connectivity index (χ1) is 12.2. The second kappa shape index (κ2) is 6.71. The summed E-state index contributed by atoms with van der Waals surface area (Å²) in [5.74, 6) is -1.21. The molecule has 2 heterocycles. The maximum Gasteiger partial charge on any atom is 0.337 e. The summed E-state index contributed by atoms with van der Waals surface area (Å²) in [7, 11) is -1.98. The molecule has 0 saturated carbocycles. The quantitative estimate of drug-likeness (QED) is 0.801. The van der Waals surface area contributed by atoms with Crippen molar-refractivity contribution in [3.63, 3.8) is 0 Å². The van der Waals surface area contributed by atoms with Gasteiger partial charge in [-0.1, -0.05) is 12.1 Å². The van der Waals surface area contributed by atoms with Gasteiger partial charge in [0.25, 0.3) is 0 Å². The zero-order valence-corrected chi connectivity index (χ0v) is 15.2. The smallest absolute Gasteiger partial charge is 0.337 e. The number of allylic oxidation sites excluding steroid dienone is 1. The van der Waals surface area contributed by atoms with E-state index in [9.17, 15) is 22.4 Å². The van der Waals surface area contributed by atoms with Crippen LogP contribution in [0, 0.1) is 5.82 Å². The number of urea groups is 1. The highest BCUT2D eigenvalue weighted by atomic mass is 32.2. The van der Waals surface area contributed by atoms with Crippen molar-refractivity contribution in [2.24, 2.45) is 0 Å². The number of amides is 2. The largest absolute Gasteiger partial charge is 0.466 e. The molecule has 140 valence electrons. The molecule has 9 heteroatoms. The van der Waals surface area contributed by atoms with E-state index >= 15 is 0 Å². The molecule has 7 nitrogen and oxygen atoms in total. The Balaban J connectivity index is 2.05. The number of halogens is 1. The molecule has 2 aliphatic heterocycles.